The molecule has 0 spiro atoms. The molecule has 2 aliphatic rings. The molecule has 33 heavy (non-hydrogen) atoms. The van der Waals surface area contributed by atoms with Crippen molar-refractivity contribution >= 4 is 17.5 Å². The summed E-state index contributed by atoms with van der Waals surface area (Å²) in [6.45, 7) is 5.54. The van der Waals surface area contributed by atoms with Crippen LogP contribution in [0.5, 0.6) is 0 Å². The van der Waals surface area contributed by atoms with Gasteiger partial charge in [-0.1, -0.05) is 0 Å². The summed E-state index contributed by atoms with van der Waals surface area (Å²) in [4.78, 5) is 25.6. The highest BCUT2D eigenvalue weighted by Gasteiger charge is 2.30. The van der Waals surface area contributed by atoms with E-state index in [0.717, 1.165) is 12.8 Å². The van der Waals surface area contributed by atoms with Gasteiger partial charge in [0.25, 0.3) is 5.91 Å². The minimum Gasteiger partial charge on any atom is -0.390 e. The van der Waals surface area contributed by atoms with Gasteiger partial charge in [0.05, 0.1) is 22.9 Å². The molecular formula is C24H29FN6O2. The molecule has 1 saturated carbocycles. The smallest absolute Gasteiger partial charge is 0.270 e. The molecule has 1 aliphatic carbocycles. The van der Waals surface area contributed by atoms with Gasteiger partial charge in [0.1, 0.15) is 11.5 Å². The van der Waals surface area contributed by atoms with E-state index in [4.69, 9.17) is 5.26 Å². The van der Waals surface area contributed by atoms with Crippen LogP contribution in [0, 0.1) is 17.1 Å². The number of benzene rings is 1. The monoisotopic (exact) mass is 452 g/mol. The largest absolute Gasteiger partial charge is 0.390 e. The minimum atomic E-state index is -0.651. The molecule has 1 amide bonds. The first-order valence-corrected chi connectivity index (χ1v) is 11.3. The predicted octanol–water partition coefficient (Wildman–Crippen LogP) is 2.63. The molecular weight excluding hydrogens is 423 g/mol. The number of carbonyl (C=O) groups excluding carboxylic acids is 1. The first-order valence-electron chi connectivity index (χ1n) is 11.3. The number of aromatic nitrogens is 2. The van der Waals surface area contributed by atoms with Gasteiger partial charge in [0.2, 0.25) is 5.95 Å². The zero-order valence-corrected chi connectivity index (χ0v) is 19.0. The normalized spacial score (nSPS) is 25.4. The molecule has 9 heteroatoms. The molecule has 1 aromatic carbocycles. The van der Waals surface area contributed by atoms with Crippen molar-refractivity contribution in [2.24, 2.45) is 0 Å². The summed E-state index contributed by atoms with van der Waals surface area (Å²) < 4.78 is 14.5. The Balaban J connectivity index is 1.40. The lowest BCUT2D eigenvalue weighted by Crippen LogP contribution is -2.53. The molecule has 1 saturated heterocycles. The van der Waals surface area contributed by atoms with E-state index in [1.807, 2.05) is 29.7 Å². The SMILES string of the molecule is C[C@@H]1CN(c2ccc(C#N)cc2F)CCN1c1nccc(C(=O)N[C@H]2CC[C@@](C)(O)CC2)n1. The highest BCUT2D eigenvalue weighted by Crippen LogP contribution is 2.28. The number of nitrogens with zero attached hydrogens (tertiary/aromatic N) is 5. The zero-order chi connectivity index (χ0) is 23.6. The van der Waals surface area contributed by atoms with Crippen molar-refractivity contribution in [3.8, 4) is 6.07 Å². The fraction of sp³-hybridized carbons (Fsp3) is 0.500. The molecule has 0 unspecified atom stereocenters. The molecule has 2 fully saturated rings. The highest BCUT2D eigenvalue weighted by molar-refractivity contribution is 5.92. The van der Waals surface area contributed by atoms with E-state index in [0.29, 0.717) is 55.4 Å². The van der Waals surface area contributed by atoms with Crippen LogP contribution >= 0.6 is 0 Å². The van der Waals surface area contributed by atoms with Crippen LogP contribution < -0.4 is 15.1 Å². The number of aliphatic hydroxyl groups is 1. The molecule has 174 valence electrons. The van der Waals surface area contributed by atoms with E-state index >= 15 is 0 Å². The maximum Gasteiger partial charge on any atom is 0.270 e. The van der Waals surface area contributed by atoms with Gasteiger partial charge < -0.3 is 20.2 Å². The van der Waals surface area contributed by atoms with E-state index in [-0.39, 0.29) is 18.0 Å². The van der Waals surface area contributed by atoms with Crippen molar-refractivity contribution in [1.82, 2.24) is 15.3 Å². The Morgan fingerprint density at radius 2 is 2.06 bits per heavy atom. The van der Waals surface area contributed by atoms with E-state index in [1.165, 1.54) is 6.07 Å². The number of piperazine rings is 1. The molecule has 2 heterocycles. The van der Waals surface area contributed by atoms with Crippen molar-refractivity contribution in [3.05, 3.63) is 47.5 Å². The first-order chi connectivity index (χ1) is 15.8. The summed E-state index contributed by atoms with van der Waals surface area (Å²) in [6, 6.07) is 8.09. The lowest BCUT2D eigenvalue weighted by atomic mass is 9.83. The average molecular weight is 453 g/mol. The Kier molecular flexibility index (Phi) is 6.47. The quantitative estimate of drug-likeness (QED) is 0.735. The third-order valence-electron chi connectivity index (χ3n) is 6.58. The van der Waals surface area contributed by atoms with E-state index < -0.39 is 11.4 Å². The molecule has 2 aromatic rings. The van der Waals surface area contributed by atoms with E-state index in [2.05, 4.69) is 15.3 Å². The predicted molar refractivity (Wildman–Crippen MR) is 123 cm³/mol. The molecule has 1 aromatic heterocycles. The number of hydrogen-bond donors (Lipinski definition) is 2. The van der Waals surface area contributed by atoms with E-state index in [1.54, 1.807) is 24.4 Å². The van der Waals surface area contributed by atoms with Crippen LogP contribution in [-0.4, -0.2) is 58.3 Å². The van der Waals surface area contributed by atoms with Crippen LogP contribution in [0.1, 0.15) is 55.6 Å². The molecule has 2 N–H and O–H groups in total. The second kappa shape index (κ2) is 9.32. The number of halogens is 1. The molecule has 0 bridgehead atoms. The second-order valence-electron chi connectivity index (χ2n) is 9.25. The van der Waals surface area contributed by atoms with Gasteiger partial charge in [-0.25, -0.2) is 14.4 Å². The lowest BCUT2D eigenvalue weighted by molar-refractivity contribution is 0.0140. The number of nitrogens with one attached hydrogen (secondary N) is 1. The van der Waals surface area contributed by atoms with Crippen LogP contribution in [0.15, 0.2) is 30.5 Å². The van der Waals surface area contributed by atoms with Crippen LogP contribution in [-0.2, 0) is 0 Å². The second-order valence-corrected chi connectivity index (χ2v) is 9.25. The maximum atomic E-state index is 14.5. The summed E-state index contributed by atoms with van der Waals surface area (Å²) in [5, 5.41) is 22.1. The van der Waals surface area contributed by atoms with Crippen LogP contribution in [0.3, 0.4) is 0 Å². The molecule has 4 rings (SSSR count). The third kappa shape index (κ3) is 5.22. The lowest BCUT2D eigenvalue weighted by Gasteiger charge is -2.41. The van der Waals surface area contributed by atoms with Crippen molar-refractivity contribution in [3.63, 3.8) is 0 Å². The number of carbonyl (C=O) groups is 1. The van der Waals surface area contributed by atoms with Crippen LogP contribution in [0.25, 0.3) is 0 Å². The highest BCUT2D eigenvalue weighted by atomic mass is 19.1. The van der Waals surface area contributed by atoms with Gasteiger partial charge in [-0.15, -0.1) is 0 Å². The van der Waals surface area contributed by atoms with Gasteiger partial charge >= 0.3 is 0 Å². The average Bonchev–Trinajstić information content (AvgIpc) is 2.80. The fourth-order valence-electron chi connectivity index (χ4n) is 4.56. The number of hydrogen-bond acceptors (Lipinski definition) is 7. The van der Waals surface area contributed by atoms with Crippen molar-refractivity contribution in [2.45, 2.75) is 57.2 Å². The van der Waals surface area contributed by atoms with Crippen molar-refractivity contribution in [2.75, 3.05) is 29.4 Å². The Morgan fingerprint density at radius 1 is 1.30 bits per heavy atom. The Bertz CT molecular complexity index is 1060. The number of amides is 1. The van der Waals surface area contributed by atoms with E-state index in [9.17, 15) is 14.3 Å². The Morgan fingerprint density at radius 3 is 2.73 bits per heavy atom. The van der Waals surface area contributed by atoms with Gasteiger partial charge in [-0.3, -0.25) is 4.79 Å². The molecule has 8 nitrogen and oxygen atoms in total. The maximum absolute atomic E-state index is 14.5. The van der Waals surface area contributed by atoms with Gasteiger partial charge in [-0.05, 0) is 63.8 Å². The van der Waals surface area contributed by atoms with Crippen LogP contribution in [0.2, 0.25) is 0 Å². The fourth-order valence-corrected chi connectivity index (χ4v) is 4.56. The van der Waals surface area contributed by atoms with Crippen LogP contribution in [0.4, 0.5) is 16.0 Å². The summed E-state index contributed by atoms with van der Waals surface area (Å²) in [6.07, 6.45) is 4.38. The third-order valence-corrected chi connectivity index (χ3v) is 6.58. The standard InChI is InChI=1S/C24H29FN6O2/c1-16-15-30(21-4-3-17(14-26)13-19(21)25)11-12-31(16)23-27-10-7-20(29-23)22(32)28-18-5-8-24(2,33)9-6-18/h3-4,7,10,13,16,18,33H,5-6,8-9,11-12,15H2,1-2H3,(H,28,32)/t16-,18-,24+/m1/s1. The summed E-state index contributed by atoms with van der Waals surface area (Å²) in [7, 11) is 0. The minimum absolute atomic E-state index is 0.00678. The van der Waals surface area contributed by atoms with Crippen molar-refractivity contribution in [1.29, 1.82) is 5.26 Å². The Labute approximate surface area is 193 Å². The molecule has 1 atom stereocenters. The first kappa shape index (κ1) is 22.9. The number of rotatable bonds is 4. The zero-order valence-electron chi connectivity index (χ0n) is 19.0. The van der Waals surface area contributed by atoms with Crippen molar-refractivity contribution < 1.29 is 14.3 Å². The molecule has 1 aliphatic heterocycles. The number of nitriles is 1. The summed E-state index contributed by atoms with van der Waals surface area (Å²) in [5.74, 6) is -0.174. The summed E-state index contributed by atoms with van der Waals surface area (Å²) in [5.41, 5.74) is 0.429. The van der Waals surface area contributed by atoms with Gasteiger partial charge in [-0.2, -0.15) is 5.26 Å². The summed E-state index contributed by atoms with van der Waals surface area (Å²) >= 11 is 0. The molecule has 0 radical (unpaired) electrons. The topological polar surface area (TPSA) is 105 Å². The Hall–Kier alpha value is -3.25. The van der Waals surface area contributed by atoms with Gasteiger partial charge in [0, 0.05) is 37.9 Å². The van der Waals surface area contributed by atoms with Gasteiger partial charge in [0.15, 0.2) is 0 Å². The number of anilines is 2.